The van der Waals surface area contributed by atoms with Crippen LogP contribution in [0, 0.1) is 19.8 Å². The molecule has 0 radical (unpaired) electrons. The molecule has 0 spiro atoms. The lowest BCUT2D eigenvalue weighted by Crippen LogP contribution is -2.20. The maximum absolute atomic E-state index is 6.36. The van der Waals surface area contributed by atoms with Crippen molar-refractivity contribution in [2.45, 2.75) is 33.2 Å². The van der Waals surface area contributed by atoms with E-state index in [-0.39, 0.29) is 6.04 Å². The zero-order valence-corrected chi connectivity index (χ0v) is 12.1. The second-order valence-electron chi connectivity index (χ2n) is 5.61. The van der Waals surface area contributed by atoms with Crippen molar-refractivity contribution in [1.82, 2.24) is 0 Å². The van der Waals surface area contributed by atoms with Gasteiger partial charge in [-0.2, -0.15) is 0 Å². The molecule has 2 N–H and O–H groups in total. The lowest BCUT2D eigenvalue weighted by molar-refractivity contribution is 0.468. The fourth-order valence-electron chi connectivity index (χ4n) is 2.69. The van der Waals surface area contributed by atoms with Crippen molar-refractivity contribution < 1.29 is 0 Å². The molecule has 0 heterocycles. The number of hydrogen-bond acceptors (Lipinski definition) is 1. The van der Waals surface area contributed by atoms with Crippen LogP contribution in [0.25, 0.3) is 0 Å². The van der Waals surface area contributed by atoms with Gasteiger partial charge in [-0.15, -0.1) is 0 Å². The Balaban J connectivity index is 2.10. The van der Waals surface area contributed by atoms with Crippen molar-refractivity contribution in [2.24, 2.45) is 11.7 Å². The van der Waals surface area contributed by atoms with E-state index in [9.17, 15) is 0 Å². The van der Waals surface area contributed by atoms with Crippen molar-refractivity contribution in [3.63, 3.8) is 0 Å². The molecule has 0 aliphatic carbocycles. The number of rotatable bonds is 4. The first-order valence-electron chi connectivity index (χ1n) is 6.94. The van der Waals surface area contributed by atoms with Gasteiger partial charge in [0, 0.05) is 6.04 Å². The van der Waals surface area contributed by atoms with Gasteiger partial charge >= 0.3 is 0 Å². The Bertz CT molecular complexity index is 510. The Hall–Kier alpha value is -1.60. The van der Waals surface area contributed by atoms with Gasteiger partial charge < -0.3 is 5.73 Å². The monoisotopic (exact) mass is 253 g/mol. The molecule has 1 heteroatoms. The fraction of sp³-hybridized carbons (Fsp3) is 0.333. The summed E-state index contributed by atoms with van der Waals surface area (Å²) in [4.78, 5) is 0. The average molecular weight is 253 g/mol. The first-order chi connectivity index (χ1) is 9.06. The van der Waals surface area contributed by atoms with Gasteiger partial charge in [-0.05, 0) is 37.3 Å². The molecule has 0 saturated heterocycles. The first-order valence-corrected chi connectivity index (χ1v) is 6.94. The van der Waals surface area contributed by atoms with Gasteiger partial charge in [0.2, 0.25) is 0 Å². The highest BCUT2D eigenvalue weighted by atomic mass is 14.6. The van der Waals surface area contributed by atoms with Crippen molar-refractivity contribution in [1.29, 1.82) is 0 Å². The van der Waals surface area contributed by atoms with E-state index in [1.165, 1.54) is 22.3 Å². The Morgan fingerprint density at radius 1 is 0.947 bits per heavy atom. The smallest absolute Gasteiger partial charge is 0.0324 e. The van der Waals surface area contributed by atoms with E-state index >= 15 is 0 Å². The molecule has 100 valence electrons. The quantitative estimate of drug-likeness (QED) is 0.869. The number of benzene rings is 2. The fourth-order valence-corrected chi connectivity index (χ4v) is 2.69. The summed E-state index contributed by atoms with van der Waals surface area (Å²) in [7, 11) is 0. The molecule has 2 aromatic rings. The molecule has 0 aliphatic heterocycles. The molecule has 2 aromatic carbocycles. The maximum Gasteiger partial charge on any atom is 0.0324 e. The summed E-state index contributed by atoms with van der Waals surface area (Å²) in [6.45, 7) is 6.53. The van der Waals surface area contributed by atoms with Crippen molar-refractivity contribution in [3.8, 4) is 0 Å². The molecule has 0 aliphatic rings. The highest BCUT2D eigenvalue weighted by Gasteiger charge is 2.15. The van der Waals surface area contributed by atoms with Crippen molar-refractivity contribution in [2.75, 3.05) is 0 Å². The van der Waals surface area contributed by atoms with Gasteiger partial charge in [-0.25, -0.2) is 0 Å². The third-order valence-corrected chi connectivity index (χ3v) is 3.64. The summed E-state index contributed by atoms with van der Waals surface area (Å²) in [5.74, 6) is 0.434. The molecule has 19 heavy (non-hydrogen) atoms. The second-order valence-corrected chi connectivity index (χ2v) is 5.61. The van der Waals surface area contributed by atoms with Crippen molar-refractivity contribution in [3.05, 3.63) is 70.8 Å². The van der Waals surface area contributed by atoms with E-state index < -0.39 is 0 Å². The minimum atomic E-state index is 0.0991. The third kappa shape index (κ3) is 3.68. The van der Waals surface area contributed by atoms with Gasteiger partial charge in [0.25, 0.3) is 0 Å². The van der Waals surface area contributed by atoms with Gasteiger partial charge in [-0.3, -0.25) is 0 Å². The Labute approximate surface area is 116 Å². The van der Waals surface area contributed by atoms with Gasteiger partial charge in [-0.1, -0.05) is 66.6 Å². The average Bonchev–Trinajstić information content (AvgIpc) is 2.37. The number of hydrogen-bond donors (Lipinski definition) is 1. The second kappa shape index (κ2) is 6.03. The van der Waals surface area contributed by atoms with E-state index in [1.54, 1.807) is 0 Å². The Kier molecular flexibility index (Phi) is 4.39. The molecule has 0 saturated carbocycles. The van der Waals surface area contributed by atoms with Gasteiger partial charge in [0.1, 0.15) is 0 Å². The van der Waals surface area contributed by atoms with Gasteiger partial charge in [0.05, 0.1) is 0 Å². The predicted octanol–water partition coefficient (Wildman–Crippen LogP) is 4.18. The molecule has 0 amide bonds. The summed E-state index contributed by atoms with van der Waals surface area (Å²) in [6, 6.07) is 17.2. The lowest BCUT2D eigenvalue weighted by Gasteiger charge is -2.21. The van der Waals surface area contributed by atoms with Crippen LogP contribution < -0.4 is 5.73 Å². The highest BCUT2D eigenvalue weighted by Crippen LogP contribution is 2.23. The molecular formula is C18H23N. The summed E-state index contributed by atoms with van der Waals surface area (Å²) in [5.41, 5.74) is 11.6. The molecule has 0 bridgehead atoms. The van der Waals surface area contributed by atoms with E-state index in [1.807, 2.05) is 6.07 Å². The SMILES string of the molecule is Cc1cc(C)cc(CC(C)C(N)c2ccccc2)c1. The Morgan fingerprint density at radius 3 is 2.11 bits per heavy atom. The Morgan fingerprint density at radius 2 is 1.53 bits per heavy atom. The minimum absolute atomic E-state index is 0.0991. The van der Waals surface area contributed by atoms with Gasteiger partial charge in [0.15, 0.2) is 0 Å². The molecule has 2 rings (SSSR count). The lowest BCUT2D eigenvalue weighted by atomic mass is 9.89. The zero-order valence-electron chi connectivity index (χ0n) is 12.1. The molecule has 2 atom stereocenters. The van der Waals surface area contributed by atoms with Crippen LogP contribution in [0.4, 0.5) is 0 Å². The number of aryl methyl sites for hydroxylation is 2. The normalized spacial score (nSPS) is 14.1. The zero-order chi connectivity index (χ0) is 13.8. The summed E-state index contributed by atoms with van der Waals surface area (Å²) in [6.07, 6.45) is 1.03. The topological polar surface area (TPSA) is 26.0 Å². The van der Waals surface area contributed by atoms with E-state index in [0.717, 1.165) is 6.42 Å². The summed E-state index contributed by atoms with van der Waals surface area (Å²) < 4.78 is 0. The number of nitrogens with two attached hydrogens (primary N) is 1. The van der Waals surface area contributed by atoms with Crippen LogP contribution in [-0.2, 0) is 6.42 Å². The van der Waals surface area contributed by atoms with E-state index in [0.29, 0.717) is 5.92 Å². The van der Waals surface area contributed by atoms with Crippen LogP contribution >= 0.6 is 0 Å². The van der Waals surface area contributed by atoms with E-state index in [2.05, 4.69) is 63.2 Å². The van der Waals surface area contributed by atoms with Crippen LogP contribution in [0.2, 0.25) is 0 Å². The summed E-state index contributed by atoms with van der Waals surface area (Å²) >= 11 is 0. The predicted molar refractivity (Wildman–Crippen MR) is 82.2 cm³/mol. The molecule has 1 nitrogen and oxygen atoms in total. The third-order valence-electron chi connectivity index (χ3n) is 3.64. The molecule has 2 unspecified atom stereocenters. The first kappa shape index (κ1) is 13.8. The van der Waals surface area contributed by atoms with Crippen LogP contribution in [0.1, 0.15) is 35.2 Å². The van der Waals surface area contributed by atoms with Crippen LogP contribution in [-0.4, -0.2) is 0 Å². The molecule has 0 aromatic heterocycles. The summed E-state index contributed by atoms with van der Waals surface area (Å²) in [5, 5.41) is 0. The maximum atomic E-state index is 6.36. The van der Waals surface area contributed by atoms with Crippen molar-refractivity contribution >= 4 is 0 Å². The molecule has 0 fully saturated rings. The molecular weight excluding hydrogens is 230 g/mol. The van der Waals surface area contributed by atoms with E-state index in [4.69, 9.17) is 5.73 Å². The minimum Gasteiger partial charge on any atom is -0.324 e. The largest absolute Gasteiger partial charge is 0.324 e. The highest BCUT2D eigenvalue weighted by molar-refractivity contribution is 5.29. The van der Waals surface area contributed by atoms with Crippen LogP contribution in [0.3, 0.4) is 0 Å². The standard InChI is InChI=1S/C18H23N/c1-13-9-14(2)11-16(10-13)12-15(3)18(19)17-7-5-4-6-8-17/h4-11,15,18H,12,19H2,1-3H3. The van der Waals surface area contributed by atoms with Crippen LogP contribution in [0.5, 0.6) is 0 Å². The van der Waals surface area contributed by atoms with Crippen LogP contribution in [0.15, 0.2) is 48.5 Å².